The number of ether oxygens (including phenoxy) is 1. The molecule has 1 fully saturated rings. The summed E-state index contributed by atoms with van der Waals surface area (Å²) < 4.78 is 5.17. The van der Waals surface area contributed by atoms with E-state index < -0.39 is 5.91 Å². The molecule has 2 heterocycles. The van der Waals surface area contributed by atoms with Gasteiger partial charge in [0, 0.05) is 17.4 Å². The number of hydrazone groups is 1. The molecule has 1 N–H and O–H groups in total. The zero-order valence-corrected chi connectivity index (χ0v) is 15.4. The van der Waals surface area contributed by atoms with Crippen molar-refractivity contribution in [1.29, 1.82) is 0 Å². The number of nitrogens with one attached hydrogen (secondary N) is 1. The second-order valence-electron chi connectivity index (χ2n) is 4.88. The minimum atomic E-state index is -0.509. The molecule has 0 atom stereocenters. The fourth-order valence-corrected chi connectivity index (χ4v) is 3.30. The van der Waals surface area contributed by atoms with E-state index in [1.165, 1.54) is 41.3 Å². The summed E-state index contributed by atoms with van der Waals surface area (Å²) in [5.41, 5.74) is 2.78. The van der Waals surface area contributed by atoms with Crippen LogP contribution in [0.1, 0.15) is 0 Å². The fraction of sp³-hybridized carbons (Fsp3) is 0.133. The molecule has 134 valence electrons. The first-order valence-corrected chi connectivity index (χ1v) is 8.95. The topological polar surface area (TPSA) is 96.8 Å². The maximum absolute atomic E-state index is 12.2. The van der Waals surface area contributed by atoms with E-state index in [2.05, 4.69) is 20.5 Å². The third kappa shape index (κ3) is 4.43. The number of amidine groups is 1. The second kappa shape index (κ2) is 8.35. The van der Waals surface area contributed by atoms with Crippen molar-refractivity contribution in [2.45, 2.75) is 0 Å². The van der Waals surface area contributed by atoms with Crippen LogP contribution in [0.15, 0.2) is 41.9 Å². The molecule has 1 aliphatic heterocycles. The molecule has 0 saturated carbocycles. The van der Waals surface area contributed by atoms with Gasteiger partial charge < -0.3 is 4.74 Å². The van der Waals surface area contributed by atoms with Crippen molar-refractivity contribution in [3.63, 3.8) is 0 Å². The van der Waals surface area contributed by atoms with Crippen LogP contribution in [-0.4, -0.2) is 39.3 Å². The molecule has 0 unspecified atom stereocenters. The Hall–Kier alpha value is -2.36. The highest BCUT2D eigenvalue weighted by atomic mass is 35.5. The molecule has 11 heteroatoms. The third-order valence-electron chi connectivity index (χ3n) is 3.08. The van der Waals surface area contributed by atoms with E-state index in [0.717, 1.165) is 0 Å². The zero-order chi connectivity index (χ0) is 18.5. The number of anilines is 1. The lowest BCUT2D eigenvalue weighted by Gasteiger charge is -2.17. The van der Waals surface area contributed by atoms with Crippen molar-refractivity contribution in [3.05, 3.63) is 46.8 Å². The molecule has 0 spiro atoms. The van der Waals surface area contributed by atoms with Crippen LogP contribution in [0.3, 0.4) is 0 Å². The number of halogens is 2. The Morgan fingerprint density at radius 1 is 1.38 bits per heavy atom. The lowest BCUT2D eigenvalue weighted by atomic mass is 10.3. The highest BCUT2D eigenvalue weighted by Crippen LogP contribution is 2.33. The molecule has 2 amide bonds. The Labute approximate surface area is 162 Å². The predicted molar refractivity (Wildman–Crippen MR) is 99.5 cm³/mol. The smallest absolute Gasteiger partial charge is 0.278 e. The predicted octanol–water partition coefficient (Wildman–Crippen LogP) is 2.33. The number of hydrogen-bond acceptors (Lipinski definition) is 7. The highest BCUT2D eigenvalue weighted by Gasteiger charge is 2.31. The lowest BCUT2D eigenvalue weighted by Crippen LogP contribution is -2.33. The molecule has 1 aromatic carbocycles. The Bertz CT molecular complexity index is 866. The van der Waals surface area contributed by atoms with E-state index in [1.807, 2.05) is 0 Å². The number of hydrogen-bond donors (Lipinski definition) is 1. The van der Waals surface area contributed by atoms with Gasteiger partial charge in [0.15, 0.2) is 11.8 Å². The molecule has 3 rings (SSSR count). The van der Waals surface area contributed by atoms with E-state index >= 15 is 0 Å². The SMILES string of the molecule is O=C(COc1cnccn1)N/N=C1/SCC(=O)N1c1ccc(Cl)cc1Cl. The second-order valence-corrected chi connectivity index (χ2v) is 6.66. The monoisotopic (exact) mass is 411 g/mol. The van der Waals surface area contributed by atoms with Crippen LogP contribution in [-0.2, 0) is 9.59 Å². The molecule has 1 aromatic heterocycles. The average molecular weight is 412 g/mol. The Kier molecular flexibility index (Phi) is 5.92. The number of rotatable bonds is 5. The summed E-state index contributed by atoms with van der Waals surface area (Å²) in [6.45, 7) is -0.296. The van der Waals surface area contributed by atoms with Crippen molar-refractivity contribution in [2.75, 3.05) is 17.3 Å². The van der Waals surface area contributed by atoms with E-state index in [4.69, 9.17) is 27.9 Å². The van der Waals surface area contributed by atoms with Gasteiger partial charge in [-0.25, -0.2) is 10.4 Å². The van der Waals surface area contributed by atoms with Gasteiger partial charge in [0.25, 0.3) is 5.91 Å². The molecule has 0 radical (unpaired) electrons. The Morgan fingerprint density at radius 2 is 2.23 bits per heavy atom. The van der Waals surface area contributed by atoms with Crippen LogP contribution in [0.5, 0.6) is 5.88 Å². The molecule has 1 aliphatic rings. The van der Waals surface area contributed by atoms with Gasteiger partial charge in [-0.3, -0.25) is 19.5 Å². The van der Waals surface area contributed by atoms with Gasteiger partial charge in [0.2, 0.25) is 11.8 Å². The summed E-state index contributed by atoms with van der Waals surface area (Å²) in [7, 11) is 0. The van der Waals surface area contributed by atoms with Gasteiger partial charge in [-0.1, -0.05) is 35.0 Å². The van der Waals surface area contributed by atoms with Crippen molar-refractivity contribution < 1.29 is 14.3 Å². The minimum absolute atomic E-state index is 0.184. The Morgan fingerprint density at radius 3 is 2.96 bits per heavy atom. The summed E-state index contributed by atoms with van der Waals surface area (Å²) in [6, 6.07) is 4.76. The first-order valence-electron chi connectivity index (χ1n) is 7.21. The molecular weight excluding hydrogens is 401 g/mol. The standard InChI is InChI=1S/C15H11Cl2N5O3S/c16-9-1-2-11(10(17)5-9)22-14(24)8-26-15(22)21-20-12(23)7-25-13-6-18-3-4-19-13/h1-6H,7-8H2,(H,20,23)/b21-15+. The first-order chi connectivity index (χ1) is 12.5. The number of aromatic nitrogens is 2. The molecular formula is C15H11Cl2N5O3S. The quantitative estimate of drug-likeness (QED) is 0.758. The van der Waals surface area contributed by atoms with E-state index in [0.29, 0.717) is 20.9 Å². The molecule has 2 aromatic rings. The lowest BCUT2D eigenvalue weighted by molar-refractivity contribution is -0.123. The van der Waals surface area contributed by atoms with Crippen LogP contribution in [0.4, 0.5) is 5.69 Å². The maximum atomic E-state index is 12.2. The summed E-state index contributed by atoms with van der Waals surface area (Å²) in [5, 5.41) is 5.04. The fourth-order valence-electron chi connectivity index (χ4n) is 1.99. The van der Waals surface area contributed by atoms with Crippen molar-refractivity contribution in [1.82, 2.24) is 15.4 Å². The first kappa shape index (κ1) is 18.4. The summed E-state index contributed by atoms with van der Waals surface area (Å²) in [5.74, 6) is -0.312. The third-order valence-corrected chi connectivity index (χ3v) is 4.54. The Balaban J connectivity index is 1.67. The minimum Gasteiger partial charge on any atom is -0.466 e. The van der Waals surface area contributed by atoms with Gasteiger partial charge in [0.1, 0.15) is 0 Å². The van der Waals surface area contributed by atoms with Gasteiger partial charge in [0.05, 0.1) is 22.7 Å². The average Bonchev–Trinajstić information content (AvgIpc) is 3.00. The van der Waals surface area contributed by atoms with E-state index in [1.54, 1.807) is 12.1 Å². The van der Waals surface area contributed by atoms with Crippen LogP contribution < -0.4 is 15.1 Å². The molecule has 26 heavy (non-hydrogen) atoms. The van der Waals surface area contributed by atoms with Gasteiger partial charge in [-0.05, 0) is 18.2 Å². The number of nitrogens with zero attached hydrogens (tertiary/aromatic N) is 4. The van der Waals surface area contributed by atoms with Crippen molar-refractivity contribution in [3.8, 4) is 5.88 Å². The van der Waals surface area contributed by atoms with Crippen LogP contribution in [0.25, 0.3) is 0 Å². The number of amides is 2. The highest BCUT2D eigenvalue weighted by molar-refractivity contribution is 8.15. The maximum Gasteiger partial charge on any atom is 0.278 e. The van der Waals surface area contributed by atoms with E-state index in [9.17, 15) is 9.59 Å². The van der Waals surface area contributed by atoms with Crippen LogP contribution in [0.2, 0.25) is 10.0 Å². The number of thioether (sulfide) groups is 1. The summed E-state index contributed by atoms with van der Waals surface area (Å²) in [6.07, 6.45) is 4.32. The van der Waals surface area contributed by atoms with Crippen molar-refractivity contribution >= 4 is 57.6 Å². The zero-order valence-electron chi connectivity index (χ0n) is 13.1. The van der Waals surface area contributed by atoms with Gasteiger partial charge in [-0.2, -0.15) is 0 Å². The normalized spacial score (nSPS) is 15.4. The number of carbonyl (C=O) groups excluding carboxylic acids is 2. The molecule has 0 aliphatic carbocycles. The van der Waals surface area contributed by atoms with E-state index in [-0.39, 0.29) is 24.1 Å². The molecule has 0 bridgehead atoms. The van der Waals surface area contributed by atoms with Crippen molar-refractivity contribution in [2.24, 2.45) is 5.10 Å². The van der Waals surface area contributed by atoms with Crippen LogP contribution >= 0.6 is 35.0 Å². The number of benzene rings is 1. The largest absolute Gasteiger partial charge is 0.466 e. The van der Waals surface area contributed by atoms with Gasteiger partial charge in [-0.15, -0.1) is 5.10 Å². The number of carbonyl (C=O) groups is 2. The van der Waals surface area contributed by atoms with Crippen LogP contribution in [0, 0.1) is 0 Å². The summed E-state index contributed by atoms with van der Waals surface area (Å²) >= 11 is 13.2. The molecule has 8 nitrogen and oxygen atoms in total. The van der Waals surface area contributed by atoms with Gasteiger partial charge >= 0.3 is 0 Å². The summed E-state index contributed by atoms with van der Waals surface area (Å²) in [4.78, 5) is 33.1. The molecule has 1 saturated heterocycles.